The number of likely N-dealkylation sites (tertiary alicyclic amines) is 1. The minimum absolute atomic E-state index is 0.162. The van der Waals surface area contributed by atoms with Gasteiger partial charge in [0.25, 0.3) is 5.91 Å². The van der Waals surface area contributed by atoms with E-state index in [1.54, 1.807) is 4.40 Å². The summed E-state index contributed by atoms with van der Waals surface area (Å²) in [5, 5.41) is 0. The monoisotopic (exact) mass is 487 g/mol. The van der Waals surface area contributed by atoms with Crippen LogP contribution in [0.25, 0.3) is 16.6 Å². The van der Waals surface area contributed by atoms with Gasteiger partial charge in [-0.15, -0.1) is 13.2 Å². The van der Waals surface area contributed by atoms with Crippen molar-refractivity contribution in [2.45, 2.75) is 31.3 Å². The van der Waals surface area contributed by atoms with Crippen molar-refractivity contribution in [2.24, 2.45) is 0 Å². The summed E-state index contributed by atoms with van der Waals surface area (Å²) in [6.07, 6.45) is -1.10. The van der Waals surface area contributed by atoms with E-state index in [0.717, 1.165) is 12.1 Å². The van der Waals surface area contributed by atoms with Crippen molar-refractivity contribution in [3.8, 4) is 11.5 Å². The van der Waals surface area contributed by atoms with Gasteiger partial charge in [0.1, 0.15) is 34.8 Å². The molecule has 2 aliphatic rings. The quantitative estimate of drug-likeness (QED) is 0.425. The van der Waals surface area contributed by atoms with Crippen LogP contribution in [0.5, 0.6) is 11.5 Å². The smallest absolute Gasteiger partial charge is 0.487 e. The number of nitrogen functional groups attached to an aromatic ring is 1. The molecule has 2 aromatic heterocycles. The first kappa shape index (κ1) is 21.4. The molecule has 180 valence electrons. The lowest BCUT2D eigenvalue weighted by Gasteiger charge is -2.36. The molecule has 1 saturated heterocycles. The van der Waals surface area contributed by atoms with Gasteiger partial charge in [-0.25, -0.2) is 14.4 Å². The van der Waals surface area contributed by atoms with E-state index in [9.17, 15) is 18.0 Å². The molecule has 35 heavy (non-hydrogen) atoms. The second-order valence-electron chi connectivity index (χ2n) is 8.46. The Bertz CT molecular complexity index is 1500. The number of hydrogen-bond donors (Lipinski definition) is 1. The number of alkyl halides is 3. The number of imidazole rings is 1. The average molecular weight is 487 g/mol. The van der Waals surface area contributed by atoms with Crippen molar-refractivity contribution in [3.05, 3.63) is 59.8 Å². The molecule has 0 aliphatic carbocycles. The van der Waals surface area contributed by atoms with Crippen LogP contribution in [-0.4, -0.2) is 44.2 Å². The third kappa shape index (κ3) is 3.47. The second kappa shape index (κ2) is 7.45. The van der Waals surface area contributed by atoms with E-state index in [-0.39, 0.29) is 22.6 Å². The highest BCUT2D eigenvalue weighted by Gasteiger charge is 2.44. The Morgan fingerprint density at radius 2 is 2.03 bits per heavy atom. The van der Waals surface area contributed by atoms with Crippen molar-refractivity contribution in [1.29, 1.82) is 0 Å². The summed E-state index contributed by atoms with van der Waals surface area (Å²) in [5.74, 6) is -1.34. The standard InChI is InChI=1S/C23H17F4N5O3/c24-14-8-15-16(32-10-29-9-17(32)21(28)30-15)7-13(14)22(33)31-5-1-2-18-20(31)12-4-3-11(6-19(12)34-18)35-23(25,26)27/h3-4,6-10,18,20H,1-2,5H2,(H2,28,30)/t18?,20-/m0/s1. The fraction of sp³-hybridized carbons (Fsp3) is 0.261. The molecule has 2 aromatic carbocycles. The first-order valence-electron chi connectivity index (χ1n) is 10.8. The van der Waals surface area contributed by atoms with E-state index >= 15 is 4.39 Å². The van der Waals surface area contributed by atoms with Crippen LogP contribution in [0.15, 0.2) is 42.9 Å². The van der Waals surface area contributed by atoms with Crippen LogP contribution in [0.2, 0.25) is 0 Å². The summed E-state index contributed by atoms with van der Waals surface area (Å²) >= 11 is 0. The first-order chi connectivity index (χ1) is 16.7. The first-order valence-corrected chi connectivity index (χ1v) is 10.8. The van der Waals surface area contributed by atoms with Crippen molar-refractivity contribution in [3.63, 3.8) is 0 Å². The number of carbonyl (C=O) groups is 1. The maximum absolute atomic E-state index is 15.1. The van der Waals surface area contributed by atoms with Gasteiger partial charge in [-0.2, -0.15) is 0 Å². The molecule has 1 unspecified atom stereocenters. The van der Waals surface area contributed by atoms with E-state index < -0.39 is 36.0 Å². The Labute approximate surface area is 194 Å². The number of fused-ring (bicyclic) bond motifs is 6. The van der Waals surface area contributed by atoms with Crippen LogP contribution in [-0.2, 0) is 0 Å². The molecule has 4 aromatic rings. The molecule has 0 spiro atoms. The number of piperidine rings is 1. The summed E-state index contributed by atoms with van der Waals surface area (Å²) in [6, 6.07) is 5.78. The Morgan fingerprint density at radius 3 is 2.83 bits per heavy atom. The number of hydrogen-bond acceptors (Lipinski definition) is 6. The summed E-state index contributed by atoms with van der Waals surface area (Å²) in [5.41, 5.74) is 7.56. The highest BCUT2D eigenvalue weighted by molar-refractivity contribution is 5.99. The van der Waals surface area contributed by atoms with E-state index in [2.05, 4.69) is 14.7 Å². The number of carbonyl (C=O) groups excluding carboxylic acids is 1. The predicted molar refractivity (Wildman–Crippen MR) is 115 cm³/mol. The van der Waals surface area contributed by atoms with Gasteiger partial charge in [0, 0.05) is 24.2 Å². The van der Waals surface area contributed by atoms with Crippen LogP contribution in [0, 0.1) is 5.82 Å². The van der Waals surface area contributed by atoms with E-state index in [1.165, 1.54) is 35.6 Å². The van der Waals surface area contributed by atoms with Crippen LogP contribution >= 0.6 is 0 Å². The van der Waals surface area contributed by atoms with Gasteiger partial charge in [-0.1, -0.05) is 0 Å². The van der Waals surface area contributed by atoms with Gasteiger partial charge in [-0.3, -0.25) is 9.20 Å². The Morgan fingerprint density at radius 1 is 1.20 bits per heavy atom. The molecule has 2 aliphatic heterocycles. The maximum atomic E-state index is 15.1. The minimum atomic E-state index is -4.84. The Hall–Kier alpha value is -4.09. The summed E-state index contributed by atoms with van der Waals surface area (Å²) in [7, 11) is 0. The number of nitrogens with zero attached hydrogens (tertiary/aromatic N) is 4. The van der Waals surface area contributed by atoms with Gasteiger partial charge in [0.15, 0.2) is 0 Å². The number of benzene rings is 2. The molecular formula is C23H17F4N5O3. The van der Waals surface area contributed by atoms with E-state index in [0.29, 0.717) is 36.0 Å². The van der Waals surface area contributed by atoms with Crippen LogP contribution < -0.4 is 15.2 Å². The van der Waals surface area contributed by atoms with Crippen LogP contribution in [0.3, 0.4) is 0 Å². The lowest BCUT2D eigenvalue weighted by atomic mass is 9.93. The van der Waals surface area contributed by atoms with Gasteiger partial charge in [0.2, 0.25) is 0 Å². The zero-order valence-corrected chi connectivity index (χ0v) is 17.9. The Balaban J connectivity index is 1.39. The molecule has 0 bridgehead atoms. The molecule has 4 heterocycles. The fourth-order valence-electron chi connectivity index (χ4n) is 4.92. The molecule has 8 nitrogen and oxygen atoms in total. The minimum Gasteiger partial charge on any atom is -0.487 e. The SMILES string of the molecule is Nc1nc2cc(F)c(C(=O)N3CCCC4Oc5cc(OC(F)(F)F)ccc5[C@@H]43)cc2n2cncc12. The maximum Gasteiger partial charge on any atom is 0.573 e. The molecule has 1 fully saturated rings. The van der Waals surface area contributed by atoms with Crippen LogP contribution in [0.4, 0.5) is 23.4 Å². The molecule has 12 heteroatoms. The zero-order valence-electron chi connectivity index (χ0n) is 17.9. The van der Waals surface area contributed by atoms with Crippen molar-refractivity contribution < 1.29 is 31.8 Å². The summed E-state index contributed by atoms with van der Waals surface area (Å²) in [4.78, 5) is 23.4. The molecular weight excluding hydrogens is 470 g/mol. The number of ether oxygens (including phenoxy) is 2. The summed E-state index contributed by atoms with van der Waals surface area (Å²) in [6.45, 7) is 0.335. The predicted octanol–water partition coefficient (Wildman–Crippen LogP) is 4.24. The number of aromatic nitrogens is 3. The lowest BCUT2D eigenvalue weighted by Crippen LogP contribution is -2.44. The summed E-state index contributed by atoms with van der Waals surface area (Å²) < 4.78 is 64.5. The highest BCUT2D eigenvalue weighted by atomic mass is 19.4. The van der Waals surface area contributed by atoms with E-state index in [1.807, 2.05) is 0 Å². The molecule has 0 radical (unpaired) electrons. The number of nitrogens with two attached hydrogens (primary N) is 1. The second-order valence-corrected chi connectivity index (χ2v) is 8.46. The van der Waals surface area contributed by atoms with Gasteiger partial charge < -0.3 is 20.1 Å². The van der Waals surface area contributed by atoms with Gasteiger partial charge in [0.05, 0.1) is 35.2 Å². The van der Waals surface area contributed by atoms with Gasteiger partial charge >= 0.3 is 6.36 Å². The fourth-order valence-corrected chi connectivity index (χ4v) is 4.92. The van der Waals surface area contributed by atoms with Crippen LogP contribution in [0.1, 0.15) is 34.8 Å². The molecule has 0 saturated carbocycles. The number of amides is 1. The van der Waals surface area contributed by atoms with Gasteiger partial charge in [-0.05, 0) is 31.0 Å². The third-order valence-electron chi connectivity index (χ3n) is 6.35. The number of rotatable bonds is 2. The zero-order chi connectivity index (χ0) is 24.5. The molecule has 2 N–H and O–H groups in total. The molecule has 2 atom stereocenters. The number of halogens is 4. The van der Waals surface area contributed by atoms with Crippen molar-refractivity contribution >= 4 is 28.3 Å². The molecule has 1 amide bonds. The highest BCUT2D eigenvalue weighted by Crippen LogP contribution is 2.46. The van der Waals surface area contributed by atoms with E-state index in [4.69, 9.17) is 10.5 Å². The van der Waals surface area contributed by atoms with Crippen molar-refractivity contribution in [1.82, 2.24) is 19.3 Å². The van der Waals surface area contributed by atoms with Crippen molar-refractivity contribution in [2.75, 3.05) is 12.3 Å². The molecule has 6 rings (SSSR count). The third-order valence-corrected chi connectivity index (χ3v) is 6.35. The lowest BCUT2D eigenvalue weighted by molar-refractivity contribution is -0.274. The number of anilines is 1. The topological polar surface area (TPSA) is 95.0 Å². The largest absolute Gasteiger partial charge is 0.573 e. The normalized spacial score (nSPS) is 19.5. The average Bonchev–Trinajstić information content (AvgIpc) is 3.42. The Kier molecular flexibility index (Phi) is 4.57.